The Bertz CT molecular complexity index is 701. The summed E-state index contributed by atoms with van der Waals surface area (Å²) in [5, 5.41) is 0.330. The summed E-state index contributed by atoms with van der Waals surface area (Å²) in [6.45, 7) is 0. The van der Waals surface area contributed by atoms with Crippen LogP contribution in [0.25, 0.3) is 0 Å². The number of thiophene rings is 1. The normalized spacial score (nSPS) is 10.3. The Hall–Kier alpha value is -0.600. The second kappa shape index (κ2) is 7.11. The fourth-order valence-corrected chi connectivity index (χ4v) is 3.62. The Morgan fingerprint density at radius 3 is 2.57 bits per heavy atom. The zero-order valence-electron chi connectivity index (χ0n) is 9.95. The summed E-state index contributed by atoms with van der Waals surface area (Å²) in [5.74, 6) is -1.34. The summed E-state index contributed by atoms with van der Waals surface area (Å²) >= 11 is 19.4. The van der Waals surface area contributed by atoms with Gasteiger partial charge in [0, 0.05) is 4.47 Å². The van der Waals surface area contributed by atoms with E-state index in [1.165, 1.54) is 17.4 Å². The van der Waals surface area contributed by atoms with Gasteiger partial charge in [0.05, 0.1) is 19.4 Å². The van der Waals surface area contributed by atoms with E-state index in [2.05, 4.69) is 31.9 Å². The van der Waals surface area contributed by atoms with Crippen LogP contribution in [-0.4, -0.2) is 11.9 Å². The molecule has 1 N–H and O–H groups in total. The van der Waals surface area contributed by atoms with E-state index < -0.39 is 11.9 Å². The third kappa shape index (κ3) is 3.98. The monoisotopic (exact) mass is 471 g/mol. The number of carbonyl (C=O) groups excluding carboxylic acids is 2. The molecule has 110 valence electrons. The molecule has 0 radical (unpaired) electrons. The maximum Gasteiger partial charge on any atom is 0.372 e. The lowest BCUT2D eigenvalue weighted by atomic mass is 10.2. The molecule has 9 heteroatoms. The first-order valence-corrected chi connectivity index (χ1v) is 8.46. The predicted molar refractivity (Wildman–Crippen MR) is 89.1 cm³/mol. The van der Waals surface area contributed by atoms with Crippen LogP contribution in [0.15, 0.2) is 32.5 Å². The topological polar surface area (TPSA) is 55.4 Å². The third-order valence-electron chi connectivity index (χ3n) is 2.28. The molecule has 4 nitrogen and oxygen atoms in total. The van der Waals surface area contributed by atoms with Crippen LogP contribution in [0, 0.1) is 0 Å². The Kier molecular flexibility index (Phi) is 5.67. The van der Waals surface area contributed by atoms with Crippen molar-refractivity contribution in [3.63, 3.8) is 0 Å². The molecule has 2 aromatic rings. The van der Waals surface area contributed by atoms with Crippen LogP contribution in [0.5, 0.6) is 0 Å². The lowest BCUT2D eigenvalue weighted by molar-refractivity contribution is 0.0235. The van der Waals surface area contributed by atoms with Crippen molar-refractivity contribution >= 4 is 78.3 Å². The molecular weight excluding hydrogens is 469 g/mol. The van der Waals surface area contributed by atoms with Crippen LogP contribution in [0.4, 0.5) is 0 Å². The number of hydroxylamine groups is 1. The largest absolute Gasteiger partial charge is 0.372 e. The molecule has 21 heavy (non-hydrogen) atoms. The highest BCUT2D eigenvalue weighted by molar-refractivity contribution is 9.13. The number of benzene rings is 1. The number of hydrogen-bond donors (Lipinski definition) is 1. The summed E-state index contributed by atoms with van der Waals surface area (Å²) in [5.41, 5.74) is 2.15. The van der Waals surface area contributed by atoms with Crippen molar-refractivity contribution in [3.8, 4) is 0 Å². The first-order chi connectivity index (χ1) is 9.90. The number of halogens is 4. The summed E-state index contributed by atoms with van der Waals surface area (Å²) in [4.78, 5) is 28.7. The fraction of sp³-hybridized carbons (Fsp3) is 0. The van der Waals surface area contributed by atoms with Crippen LogP contribution in [0.3, 0.4) is 0 Å². The van der Waals surface area contributed by atoms with Crippen molar-refractivity contribution in [1.82, 2.24) is 5.48 Å². The van der Waals surface area contributed by atoms with E-state index >= 15 is 0 Å². The number of nitrogens with one attached hydrogen (secondary N) is 1. The average molecular weight is 474 g/mol. The Balaban J connectivity index is 2.04. The van der Waals surface area contributed by atoms with Gasteiger partial charge in [-0.05, 0) is 50.1 Å². The van der Waals surface area contributed by atoms with Gasteiger partial charge >= 0.3 is 5.97 Å². The molecule has 0 saturated carbocycles. The summed E-state index contributed by atoms with van der Waals surface area (Å²) in [6, 6.07) is 6.16. The fourth-order valence-electron chi connectivity index (χ4n) is 1.32. The van der Waals surface area contributed by atoms with Gasteiger partial charge in [-0.1, -0.05) is 29.3 Å². The van der Waals surface area contributed by atoms with Crippen molar-refractivity contribution in [2.75, 3.05) is 0 Å². The van der Waals surface area contributed by atoms with Crippen LogP contribution >= 0.6 is 66.4 Å². The van der Waals surface area contributed by atoms with E-state index in [9.17, 15) is 9.59 Å². The molecule has 0 aliphatic carbocycles. The molecule has 0 bridgehead atoms. The van der Waals surface area contributed by atoms with Gasteiger partial charge in [-0.15, -0.1) is 11.3 Å². The van der Waals surface area contributed by atoms with Crippen LogP contribution < -0.4 is 5.48 Å². The summed E-state index contributed by atoms with van der Waals surface area (Å²) in [6.07, 6.45) is 0. The van der Waals surface area contributed by atoms with E-state index in [4.69, 9.17) is 28.0 Å². The van der Waals surface area contributed by atoms with Gasteiger partial charge in [0.15, 0.2) is 0 Å². The van der Waals surface area contributed by atoms with Crippen LogP contribution in [0.2, 0.25) is 10.0 Å². The molecule has 0 aliphatic rings. The third-order valence-corrected chi connectivity index (χ3v) is 6.33. The molecule has 0 aliphatic heterocycles. The van der Waals surface area contributed by atoms with Gasteiger partial charge < -0.3 is 4.84 Å². The van der Waals surface area contributed by atoms with Gasteiger partial charge in [-0.2, -0.15) is 5.48 Å². The smallest absolute Gasteiger partial charge is 0.334 e. The van der Waals surface area contributed by atoms with Crippen LogP contribution in [0.1, 0.15) is 20.0 Å². The van der Waals surface area contributed by atoms with Crippen molar-refractivity contribution in [2.45, 2.75) is 0 Å². The minimum atomic E-state index is -0.682. The van der Waals surface area contributed by atoms with E-state index in [0.717, 1.165) is 8.26 Å². The zero-order chi connectivity index (χ0) is 15.6. The Morgan fingerprint density at radius 1 is 1.24 bits per heavy atom. The highest BCUT2D eigenvalue weighted by Crippen LogP contribution is 2.32. The van der Waals surface area contributed by atoms with Gasteiger partial charge in [0.25, 0.3) is 5.91 Å². The molecular formula is C12H5Br2Cl2NO3S. The lowest BCUT2D eigenvalue weighted by Gasteiger charge is -2.06. The molecule has 0 saturated heterocycles. The summed E-state index contributed by atoms with van der Waals surface area (Å²) in [7, 11) is 0. The zero-order valence-corrected chi connectivity index (χ0v) is 15.5. The maximum atomic E-state index is 11.9. The number of amides is 1. The van der Waals surface area contributed by atoms with Gasteiger partial charge in [-0.25, -0.2) is 4.79 Å². The maximum absolute atomic E-state index is 11.9. The first kappa shape index (κ1) is 16.8. The molecule has 1 aromatic heterocycles. The molecule has 1 heterocycles. The molecule has 2 rings (SSSR count). The summed E-state index contributed by atoms with van der Waals surface area (Å²) < 4.78 is 1.47. The standard InChI is InChI=1S/C12H5Br2Cl2NO3S/c13-6-4-8(21-10(6)14)12(19)20-17-11(18)5-2-1-3-7(15)9(5)16/h1-4H,(H,17,18). The molecule has 0 atom stereocenters. The highest BCUT2D eigenvalue weighted by atomic mass is 79.9. The quantitative estimate of drug-likeness (QED) is 0.619. The first-order valence-electron chi connectivity index (χ1n) is 5.30. The van der Waals surface area contributed by atoms with E-state index in [-0.39, 0.29) is 15.6 Å². The highest BCUT2D eigenvalue weighted by Gasteiger charge is 2.17. The number of hydrogen-bond acceptors (Lipinski definition) is 4. The molecule has 0 spiro atoms. The molecule has 1 amide bonds. The van der Waals surface area contributed by atoms with Gasteiger partial charge in [0.2, 0.25) is 0 Å². The predicted octanol–water partition coefficient (Wildman–Crippen LogP) is 5.08. The van der Waals surface area contributed by atoms with Gasteiger partial charge in [-0.3, -0.25) is 4.79 Å². The van der Waals surface area contributed by atoms with E-state index in [1.807, 2.05) is 5.48 Å². The van der Waals surface area contributed by atoms with Crippen molar-refractivity contribution in [2.24, 2.45) is 0 Å². The second-order valence-electron chi connectivity index (χ2n) is 3.65. The van der Waals surface area contributed by atoms with Crippen LogP contribution in [-0.2, 0) is 4.84 Å². The average Bonchev–Trinajstić information content (AvgIpc) is 2.79. The second-order valence-corrected chi connectivity index (χ2v) is 7.66. The minimum Gasteiger partial charge on any atom is -0.334 e. The van der Waals surface area contributed by atoms with Crippen molar-refractivity contribution in [1.29, 1.82) is 0 Å². The van der Waals surface area contributed by atoms with Crippen molar-refractivity contribution < 1.29 is 14.4 Å². The number of rotatable bonds is 2. The minimum absolute atomic E-state index is 0.0920. The lowest BCUT2D eigenvalue weighted by Crippen LogP contribution is -2.27. The van der Waals surface area contributed by atoms with Gasteiger partial charge in [0.1, 0.15) is 4.88 Å². The molecule has 1 aromatic carbocycles. The SMILES string of the molecule is O=C(ONC(=O)c1cccc(Cl)c1Cl)c1cc(Br)c(Br)s1. The molecule has 0 fully saturated rings. The Morgan fingerprint density at radius 2 is 1.95 bits per heavy atom. The Labute approximate surface area is 150 Å². The van der Waals surface area contributed by atoms with Crippen molar-refractivity contribution in [3.05, 3.63) is 53.0 Å². The van der Waals surface area contributed by atoms with E-state index in [0.29, 0.717) is 4.88 Å². The number of carbonyl (C=O) groups is 2. The molecule has 0 unspecified atom stereocenters. The van der Waals surface area contributed by atoms with E-state index in [1.54, 1.807) is 18.2 Å².